The first-order valence-electron chi connectivity index (χ1n) is 7.11. The molecular formula is C14H21N3O2. The second-order valence-corrected chi connectivity index (χ2v) is 5.83. The Bertz CT molecular complexity index is 483. The summed E-state index contributed by atoms with van der Waals surface area (Å²) in [6, 6.07) is 0.601. The third-order valence-corrected chi connectivity index (χ3v) is 4.62. The minimum atomic E-state index is -0.676. The molecule has 5 heteroatoms. The summed E-state index contributed by atoms with van der Waals surface area (Å²) in [5.74, 6) is 0.230. The fraction of sp³-hybridized carbons (Fsp3) is 0.714. The molecule has 5 nitrogen and oxygen atoms in total. The van der Waals surface area contributed by atoms with Gasteiger partial charge in [-0.05, 0) is 32.9 Å². The topological polar surface area (TPSA) is 58.4 Å². The van der Waals surface area contributed by atoms with E-state index in [9.17, 15) is 4.79 Å². The highest BCUT2D eigenvalue weighted by Crippen LogP contribution is 2.25. The quantitative estimate of drug-likeness (QED) is 0.889. The lowest BCUT2D eigenvalue weighted by Gasteiger charge is -2.24. The van der Waals surface area contributed by atoms with Gasteiger partial charge in [0.15, 0.2) is 0 Å². The molecule has 2 atom stereocenters. The van der Waals surface area contributed by atoms with Crippen LogP contribution in [0.25, 0.3) is 0 Å². The highest BCUT2D eigenvalue weighted by Gasteiger charge is 2.28. The second-order valence-electron chi connectivity index (χ2n) is 5.83. The van der Waals surface area contributed by atoms with Crippen LogP contribution in [-0.4, -0.2) is 45.2 Å². The van der Waals surface area contributed by atoms with E-state index in [1.54, 1.807) is 0 Å². The molecule has 0 aliphatic carbocycles. The van der Waals surface area contributed by atoms with Gasteiger partial charge in [-0.15, -0.1) is 0 Å². The predicted octanol–water partition coefficient (Wildman–Crippen LogP) is 1.17. The van der Waals surface area contributed by atoms with Crippen LogP contribution in [-0.2, 0) is 24.2 Å². The second kappa shape index (κ2) is 4.96. The first-order valence-corrected chi connectivity index (χ1v) is 7.11. The first kappa shape index (κ1) is 12.7. The van der Waals surface area contributed by atoms with Gasteiger partial charge in [0.2, 0.25) is 0 Å². The Morgan fingerprint density at radius 1 is 1.47 bits per heavy atom. The van der Waals surface area contributed by atoms with Crippen molar-refractivity contribution in [1.82, 2.24) is 14.5 Å². The Morgan fingerprint density at radius 2 is 2.32 bits per heavy atom. The minimum absolute atomic E-state index is 0.230. The molecule has 2 unspecified atom stereocenters. The standard InChI is InChI=1S/C14H21N3O2/c1-16-5-2-3-11(16)8-13-15-9-12-7-10(14(18)19)4-6-17(12)13/h9-11H,2-8H2,1H3,(H,18,19). The van der Waals surface area contributed by atoms with E-state index < -0.39 is 5.97 Å². The zero-order valence-corrected chi connectivity index (χ0v) is 11.4. The normalized spacial score (nSPS) is 27.4. The lowest BCUT2D eigenvalue weighted by atomic mass is 9.96. The molecule has 0 aromatic carbocycles. The number of hydrogen-bond donors (Lipinski definition) is 1. The molecular weight excluding hydrogens is 242 g/mol. The van der Waals surface area contributed by atoms with Gasteiger partial charge in [0.25, 0.3) is 0 Å². The van der Waals surface area contributed by atoms with Crippen LogP contribution in [0.15, 0.2) is 6.20 Å². The van der Waals surface area contributed by atoms with Crippen molar-refractivity contribution in [3.05, 3.63) is 17.7 Å². The number of likely N-dealkylation sites (tertiary alicyclic amines) is 1. The number of hydrogen-bond acceptors (Lipinski definition) is 3. The van der Waals surface area contributed by atoms with Crippen LogP contribution in [0, 0.1) is 5.92 Å². The van der Waals surface area contributed by atoms with Gasteiger partial charge in [-0.2, -0.15) is 0 Å². The van der Waals surface area contributed by atoms with Crippen LogP contribution >= 0.6 is 0 Å². The van der Waals surface area contributed by atoms with Gasteiger partial charge in [-0.25, -0.2) is 4.98 Å². The van der Waals surface area contributed by atoms with E-state index in [0.29, 0.717) is 12.5 Å². The maximum Gasteiger partial charge on any atom is 0.306 e. The van der Waals surface area contributed by atoms with Crippen LogP contribution in [0.5, 0.6) is 0 Å². The van der Waals surface area contributed by atoms with E-state index in [1.807, 2.05) is 6.20 Å². The average Bonchev–Trinajstić information content (AvgIpc) is 2.97. The highest BCUT2D eigenvalue weighted by molar-refractivity contribution is 5.70. The summed E-state index contributed by atoms with van der Waals surface area (Å²) in [6.45, 7) is 1.98. The molecule has 2 aliphatic heterocycles. The lowest BCUT2D eigenvalue weighted by molar-refractivity contribution is -0.142. The van der Waals surface area contributed by atoms with Crippen LogP contribution in [0.1, 0.15) is 30.8 Å². The number of fused-ring (bicyclic) bond motifs is 1. The Morgan fingerprint density at radius 3 is 3.00 bits per heavy atom. The number of aromatic nitrogens is 2. The number of carbonyl (C=O) groups is 1. The van der Waals surface area contributed by atoms with Crippen molar-refractivity contribution in [2.24, 2.45) is 5.92 Å². The first-order chi connectivity index (χ1) is 9.15. The molecule has 1 aromatic rings. The molecule has 1 fully saturated rings. The molecule has 1 N–H and O–H groups in total. The molecule has 0 spiro atoms. The van der Waals surface area contributed by atoms with Gasteiger partial charge in [0, 0.05) is 37.3 Å². The smallest absolute Gasteiger partial charge is 0.306 e. The molecule has 0 radical (unpaired) electrons. The minimum Gasteiger partial charge on any atom is -0.481 e. The number of carboxylic acid groups (broad SMARTS) is 1. The van der Waals surface area contributed by atoms with Crippen LogP contribution in [0.3, 0.4) is 0 Å². The van der Waals surface area contributed by atoms with E-state index in [-0.39, 0.29) is 5.92 Å². The van der Waals surface area contributed by atoms with Crippen molar-refractivity contribution in [3.63, 3.8) is 0 Å². The summed E-state index contributed by atoms with van der Waals surface area (Å²) in [5, 5.41) is 9.10. The predicted molar refractivity (Wildman–Crippen MR) is 71.0 cm³/mol. The molecule has 19 heavy (non-hydrogen) atoms. The number of imidazole rings is 1. The largest absolute Gasteiger partial charge is 0.481 e. The maximum atomic E-state index is 11.1. The lowest BCUT2D eigenvalue weighted by Crippen LogP contribution is -2.30. The summed E-state index contributed by atoms with van der Waals surface area (Å²) in [5.41, 5.74) is 1.09. The summed E-state index contributed by atoms with van der Waals surface area (Å²) >= 11 is 0. The van der Waals surface area contributed by atoms with Gasteiger partial charge in [0.05, 0.1) is 5.92 Å². The van der Waals surface area contributed by atoms with Crippen molar-refractivity contribution in [3.8, 4) is 0 Å². The van der Waals surface area contributed by atoms with Crippen LogP contribution < -0.4 is 0 Å². The maximum absolute atomic E-state index is 11.1. The zero-order valence-electron chi connectivity index (χ0n) is 11.4. The van der Waals surface area contributed by atoms with Gasteiger partial charge < -0.3 is 14.6 Å². The third-order valence-electron chi connectivity index (χ3n) is 4.62. The zero-order chi connectivity index (χ0) is 13.4. The molecule has 3 heterocycles. The summed E-state index contributed by atoms with van der Waals surface area (Å²) in [6.07, 6.45) is 6.74. The van der Waals surface area contributed by atoms with E-state index in [1.165, 1.54) is 19.4 Å². The van der Waals surface area contributed by atoms with E-state index in [2.05, 4.69) is 21.5 Å². The van der Waals surface area contributed by atoms with Crippen LogP contribution in [0.2, 0.25) is 0 Å². The SMILES string of the molecule is CN1CCCC1Cc1ncc2n1CCC(C(=O)O)C2. The third kappa shape index (κ3) is 2.39. The monoisotopic (exact) mass is 263 g/mol. The molecule has 0 bridgehead atoms. The molecule has 1 saturated heterocycles. The summed E-state index contributed by atoms with van der Waals surface area (Å²) in [7, 11) is 2.18. The van der Waals surface area contributed by atoms with E-state index >= 15 is 0 Å². The van der Waals surface area contributed by atoms with Crippen molar-refractivity contribution in [2.75, 3.05) is 13.6 Å². The highest BCUT2D eigenvalue weighted by atomic mass is 16.4. The number of aliphatic carboxylic acids is 1. The Labute approximate surface area is 113 Å². The van der Waals surface area contributed by atoms with Crippen molar-refractivity contribution >= 4 is 5.97 Å². The van der Waals surface area contributed by atoms with Crippen molar-refractivity contribution in [2.45, 2.75) is 44.7 Å². The Kier molecular flexibility index (Phi) is 3.31. The van der Waals surface area contributed by atoms with Crippen molar-refractivity contribution < 1.29 is 9.90 Å². The molecule has 104 valence electrons. The van der Waals surface area contributed by atoms with Gasteiger partial charge >= 0.3 is 5.97 Å². The van der Waals surface area contributed by atoms with Crippen LogP contribution in [0.4, 0.5) is 0 Å². The van der Waals surface area contributed by atoms with Gasteiger partial charge in [0.1, 0.15) is 5.82 Å². The fourth-order valence-corrected chi connectivity index (χ4v) is 3.35. The Balaban J connectivity index is 1.73. The van der Waals surface area contributed by atoms with Gasteiger partial charge in [-0.1, -0.05) is 0 Å². The van der Waals surface area contributed by atoms with Gasteiger partial charge in [-0.3, -0.25) is 4.79 Å². The number of rotatable bonds is 3. The molecule has 3 rings (SSSR count). The van der Waals surface area contributed by atoms with E-state index in [0.717, 1.165) is 30.9 Å². The Hall–Kier alpha value is -1.36. The summed E-state index contributed by atoms with van der Waals surface area (Å²) in [4.78, 5) is 18.0. The number of likely N-dealkylation sites (N-methyl/N-ethyl adjacent to an activating group) is 1. The fourth-order valence-electron chi connectivity index (χ4n) is 3.35. The number of nitrogens with zero attached hydrogens (tertiary/aromatic N) is 3. The van der Waals surface area contributed by atoms with Crippen molar-refractivity contribution in [1.29, 1.82) is 0 Å². The molecule has 0 saturated carbocycles. The number of carboxylic acids is 1. The molecule has 1 aromatic heterocycles. The average molecular weight is 263 g/mol. The summed E-state index contributed by atoms with van der Waals surface area (Å²) < 4.78 is 2.24. The molecule has 0 amide bonds. The van der Waals surface area contributed by atoms with E-state index in [4.69, 9.17) is 5.11 Å². The molecule has 2 aliphatic rings.